The van der Waals surface area contributed by atoms with Gasteiger partial charge in [0.1, 0.15) is 11.8 Å². The monoisotopic (exact) mass is 399 g/mol. The van der Waals surface area contributed by atoms with Crippen LogP contribution in [0.1, 0.15) is 11.5 Å². The van der Waals surface area contributed by atoms with Gasteiger partial charge in [0.15, 0.2) is 5.41 Å². The van der Waals surface area contributed by atoms with Crippen LogP contribution < -0.4 is 10.5 Å². The number of nitrogens with two attached hydrogens (primary N) is 1. The number of fused-ring (bicyclic) bond motifs is 1. The van der Waals surface area contributed by atoms with Crippen molar-refractivity contribution in [2.75, 3.05) is 20.1 Å². The minimum absolute atomic E-state index is 0.125. The Hall–Kier alpha value is -3.48. The van der Waals surface area contributed by atoms with E-state index in [0.29, 0.717) is 24.2 Å². The van der Waals surface area contributed by atoms with Crippen LogP contribution in [0.25, 0.3) is 0 Å². The van der Waals surface area contributed by atoms with Crippen LogP contribution in [-0.4, -0.2) is 31.4 Å². The number of hydrogen-bond donors (Lipinski definition) is 1. The van der Waals surface area contributed by atoms with E-state index >= 15 is 0 Å². The Morgan fingerprint density at radius 1 is 1.17 bits per heavy atom. The van der Waals surface area contributed by atoms with Gasteiger partial charge in [0.25, 0.3) is 0 Å². The van der Waals surface area contributed by atoms with E-state index in [0.717, 1.165) is 12.1 Å². The molecule has 1 aliphatic heterocycles. The molecule has 1 aliphatic carbocycles. The van der Waals surface area contributed by atoms with Gasteiger partial charge in [-0.15, -0.1) is 13.2 Å². The first-order valence-electron chi connectivity index (χ1n) is 8.64. The first-order chi connectivity index (χ1) is 13.7. The Balaban J connectivity index is 2.17. The first kappa shape index (κ1) is 20.3. The van der Waals surface area contributed by atoms with Crippen molar-refractivity contribution in [1.29, 1.82) is 15.8 Å². The maximum absolute atomic E-state index is 12.5. The van der Waals surface area contributed by atoms with E-state index in [9.17, 15) is 29.0 Å². The number of likely N-dealkylation sites (N-methyl/N-ethyl adjacent to an activating group) is 1. The summed E-state index contributed by atoms with van der Waals surface area (Å²) in [6, 6.07) is 11.0. The maximum atomic E-state index is 12.5. The van der Waals surface area contributed by atoms with E-state index < -0.39 is 29.4 Å². The Morgan fingerprint density at radius 2 is 1.79 bits per heavy atom. The Bertz CT molecular complexity index is 991. The number of alkyl halides is 3. The van der Waals surface area contributed by atoms with Gasteiger partial charge in [0.05, 0.1) is 23.4 Å². The number of rotatable bonds is 2. The fraction of sp³-hybridized carbons (Fsp3) is 0.350. The number of allylic oxidation sites excluding steroid dienone is 2. The van der Waals surface area contributed by atoms with Crippen molar-refractivity contribution in [3.8, 4) is 24.0 Å². The molecular weight excluding hydrogens is 383 g/mol. The van der Waals surface area contributed by atoms with E-state index in [1.807, 2.05) is 36.2 Å². The molecule has 2 N–H and O–H groups in total. The summed E-state index contributed by atoms with van der Waals surface area (Å²) in [7, 11) is 1.86. The van der Waals surface area contributed by atoms with Crippen LogP contribution in [0.2, 0.25) is 0 Å². The van der Waals surface area contributed by atoms with Crippen molar-refractivity contribution in [2.24, 2.45) is 17.1 Å². The lowest BCUT2D eigenvalue weighted by Crippen LogP contribution is -2.47. The molecular formula is C20H16F3N5O. The molecule has 0 radical (unpaired) electrons. The van der Waals surface area contributed by atoms with Gasteiger partial charge in [-0.2, -0.15) is 15.8 Å². The quantitative estimate of drug-likeness (QED) is 0.819. The molecule has 29 heavy (non-hydrogen) atoms. The standard InChI is InChI=1S/C20H16F3N5O/c1-28-7-6-14-15(8-24)18(27)19(10-25,11-26)17(16(14)9-28)12-2-4-13(5-3-12)29-20(21,22)23/h2-6,16-17H,7,9,27H2,1H3/t16-,17-/m1/s1. The summed E-state index contributed by atoms with van der Waals surface area (Å²) in [5, 5.41) is 29.4. The number of ether oxygens (including phenoxy) is 1. The topological polar surface area (TPSA) is 110 Å². The molecule has 0 saturated carbocycles. The zero-order valence-electron chi connectivity index (χ0n) is 15.4. The van der Waals surface area contributed by atoms with Gasteiger partial charge in [0.2, 0.25) is 0 Å². The highest BCUT2D eigenvalue weighted by Crippen LogP contribution is 2.54. The third-order valence-electron chi connectivity index (χ3n) is 5.32. The largest absolute Gasteiger partial charge is 0.573 e. The number of nitrogens with zero attached hydrogens (tertiary/aromatic N) is 4. The van der Waals surface area contributed by atoms with Crippen LogP contribution in [0.15, 0.2) is 47.2 Å². The van der Waals surface area contributed by atoms with Crippen LogP contribution in [0, 0.1) is 45.3 Å². The van der Waals surface area contributed by atoms with Gasteiger partial charge in [-0.05, 0) is 30.3 Å². The Labute approximate surface area is 165 Å². The summed E-state index contributed by atoms with van der Waals surface area (Å²) < 4.78 is 41.3. The summed E-state index contributed by atoms with van der Waals surface area (Å²) in [5.74, 6) is -1.57. The van der Waals surface area contributed by atoms with Crippen molar-refractivity contribution in [2.45, 2.75) is 12.3 Å². The second kappa shape index (κ2) is 7.16. The maximum Gasteiger partial charge on any atom is 0.573 e. The highest BCUT2D eigenvalue weighted by Gasteiger charge is 2.54. The SMILES string of the molecule is CN1CC=C2C(C#N)=C(N)C(C#N)(C#N)[C@H](c3ccc(OC(F)(F)F)cc3)[C@@H]2C1. The van der Waals surface area contributed by atoms with E-state index in [2.05, 4.69) is 4.74 Å². The molecule has 0 fully saturated rings. The zero-order valence-corrected chi connectivity index (χ0v) is 15.4. The molecule has 0 bridgehead atoms. The Kier molecular flexibility index (Phi) is 5.00. The van der Waals surface area contributed by atoms with Crippen molar-refractivity contribution < 1.29 is 17.9 Å². The number of benzene rings is 1. The molecule has 0 unspecified atom stereocenters. The third kappa shape index (κ3) is 3.40. The number of halogens is 3. The molecule has 2 atom stereocenters. The predicted octanol–water partition coefficient (Wildman–Crippen LogP) is 2.94. The summed E-state index contributed by atoms with van der Waals surface area (Å²) in [4.78, 5) is 1.97. The molecule has 148 valence electrons. The lowest BCUT2D eigenvalue weighted by atomic mass is 9.58. The average molecular weight is 399 g/mol. The highest BCUT2D eigenvalue weighted by molar-refractivity contribution is 5.59. The van der Waals surface area contributed by atoms with E-state index in [1.54, 1.807) is 0 Å². The van der Waals surface area contributed by atoms with E-state index in [1.165, 1.54) is 12.1 Å². The molecule has 1 aromatic carbocycles. The molecule has 0 saturated heterocycles. The summed E-state index contributed by atoms with van der Waals surface area (Å²) in [6.45, 7) is 1.03. The van der Waals surface area contributed by atoms with Crippen molar-refractivity contribution in [1.82, 2.24) is 4.90 Å². The second-order valence-electron chi connectivity index (χ2n) is 7.01. The molecule has 0 amide bonds. The van der Waals surface area contributed by atoms with Crippen LogP contribution in [0.4, 0.5) is 13.2 Å². The van der Waals surface area contributed by atoms with Crippen molar-refractivity contribution in [3.63, 3.8) is 0 Å². The number of hydrogen-bond acceptors (Lipinski definition) is 6. The lowest BCUT2D eigenvalue weighted by Gasteiger charge is -2.45. The summed E-state index contributed by atoms with van der Waals surface area (Å²) in [5.41, 5.74) is 5.46. The first-order valence-corrected chi connectivity index (χ1v) is 8.64. The third-order valence-corrected chi connectivity index (χ3v) is 5.32. The van der Waals surface area contributed by atoms with Crippen LogP contribution >= 0.6 is 0 Å². The van der Waals surface area contributed by atoms with Gasteiger partial charge in [0, 0.05) is 24.9 Å². The smallest absolute Gasteiger partial charge is 0.406 e. The second-order valence-corrected chi connectivity index (χ2v) is 7.01. The minimum Gasteiger partial charge on any atom is -0.406 e. The van der Waals surface area contributed by atoms with Crippen LogP contribution in [0.5, 0.6) is 5.75 Å². The lowest BCUT2D eigenvalue weighted by molar-refractivity contribution is -0.274. The van der Waals surface area contributed by atoms with E-state index in [4.69, 9.17) is 5.73 Å². The normalized spacial score (nSPS) is 23.8. The fourth-order valence-corrected chi connectivity index (χ4v) is 4.08. The predicted molar refractivity (Wildman–Crippen MR) is 95.4 cm³/mol. The Morgan fingerprint density at radius 3 is 2.31 bits per heavy atom. The van der Waals surface area contributed by atoms with Gasteiger partial charge >= 0.3 is 6.36 Å². The number of nitriles is 3. The molecule has 0 aromatic heterocycles. The molecule has 1 aromatic rings. The fourth-order valence-electron chi connectivity index (χ4n) is 4.08. The highest BCUT2D eigenvalue weighted by atomic mass is 19.4. The van der Waals surface area contributed by atoms with Gasteiger partial charge in [-0.3, -0.25) is 0 Å². The molecule has 6 nitrogen and oxygen atoms in total. The van der Waals surface area contributed by atoms with Crippen molar-refractivity contribution in [3.05, 3.63) is 52.7 Å². The van der Waals surface area contributed by atoms with Crippen LogP contribution in [0.3, 0.4) is 0 Å². The van der Waals surface area contributed by atoms with Gasteiger partial charge in [-0.25, -0.2) is 0 Å². The van der Waals surface area contributed by atoms with Gasteiger partial charge < -0.3 is 15.4 Å². The van der Waals surface area contributed by atoms with E-state index in [-0.39, 0.29) is 11.3 Å². The molecule has 9 heteroatoms. The summed E-state index contributed by atoms with van der Waals surface area (Å²) in [6.07, 6.45) is -2.99. The minimum atomic E-state index is -4.83. The molecule has 1 heterocycles. The zero-order chi connectivity index (χ0) is 21.4. The average Bonchev–Trinajstić information content (AvgIpc) is 2.67. The van der Waals surface area contributed by atoms with Gasteiger partial charge in [-0.1, -0.05) is 18.2 Å². The van der Waals surface area contributed by atoms with Crippen LogP contribution in [-0.2, 0) is 0 Å². The van der Waals surface area contributed by atoms with Crippen molar-refractivity contribution >= 4 is 0 Å². The molecule has 3 rings (SSSR count). The molecule has 2 aliphatic rings. The molecule has 0 spiro atoms. The summed E-state index contributed by atoms with van der Waals surface area (Å²) >= 11 is 0.